The van der Waals surface area contributed by atoms with Crippen molar-refractivity contribution in [3.8, 4) is 0 Å². The summed E-state index contributed by atoms with van der Waals surface area (Å²) in [5.41, 5.74) is -0.548. The van der Waals surface area contributed by atoms with Crippen molar-refractivity contribution >= 4 is 28.9 Å². The third-order valence-electron chi connectivity index (χ3n) is 2.26. The molecular weight excluding hydrogens is 310 g/mol. The van der Waals surface area contributed by atoms with E-state index >= 15 is 0 Å². The first-order valence-electron chi connectivity index (χ1n) is 5.69. The van der Waals surface area contributed by atoms with Gasteiger partial charge in [0.1, 0.15) is 0 Å². The second-order valence-electron chi connectivity index (χ2n) is 3.89. The summed E-state index contributed by atoms with van der Waals surface area (Å²) in [6.07, 6.45) is 1.93. The van der Waals surface area contributed by atoms with E-state index in [4.69, 9.17) is 16.3 Å². The van der Waals surface area contributed by atoms with E-state index in [9.17, 15) is 4.89 Å². The van der Waals surface area contributed by atoms with Gasteiger partial charge in [-0.2, -0.15) is 0 Å². The monoisotopic (exact) mass is 328 g/mol. The molecule has 6 heteroatoms. The Hall–Kier alpha value is 1.78. The van der Waals surface area contributed by atoms with Crippen LogP contribution in [-0.4, -0.2) is 6.61 Å². The largest absolute Gasteiger partial charge is 1.00 e. The molecule has 0 saturated heterocycles. The minimum Gasteiger partial charge on any atom is -0.793 e. The van der Waals surface area contributed by atoms with Crippen molar-refractivity contribution in [3.05, 3.63) is 35.4 Å². The van der Waals surface area contributed by atoms with Gasteiger partial charge in [0, 0.05) is 11.4 Å². The number of aryl methyl sites for hydroxylation is 1. The number of rotatable bonds is 7. The maximum atomic E-state index is 11.9. The van der Waals surface area contributed by atoms with Crippen LogP contribution in [0.25, 0.3) is 0 Å². The zero-order chi connectivity index (χ0) is 12.7. The molecule has 1 atom stereocenters. The van der Waals surface area contributed by atoms with E-state index in [-0.39, 0.29) is 51.4 Å². The predicted molar refractivity (Wildman–Crippen MR) is 77.6 cm³/mol. The number of benzene rings is 1. The van der Waals surface area contributed by atoms with E-state index in [0.29, 0.717) is 12.4 Å². The molecule has 0 heterocycles. The molecule has 96 valence electrons. The molecule has 0 saturated carbocycles. The summed E-state index contributed by atoms with van der Waals surface area (Å²) in [7, 11) is 0. The van der Waals surface area contributed by atoms with Crippen LogP contribution in [0.5, 0.6) is 0 Å². The van der Waals surface area contributed by atoms with Gasteiger partial charge in [-0.1, -0.05) is 55.0 Å². The average molecular weight is 328 g/mol. The fraction of sp³-hybridized carbons (Fsp3) is 0.500. The summed E-state index contributed by atoms with van der Waals surface area (Å²) < 4.78 is 5.25. The Labute approximate surface area is 162 Å². The van der Waals surface area contributed by atoms with Crippen LogP contribution < -0.4 is 56.3 Å². The molecule has 0 aromatic heterocycles. The quantitative estimate of drug-likeness (QED) is 0.418. The molecule has 1 aromatic rings. The normalized spacial score (nSPS) is 13.7. The topological polar surface area (TPSA) is 32.3 Å². The van der Waals surface area contributed by atoms with Gasteiger partial charge in [-0.25, -0.2) is 0 Å². The summed E-state index contributed by atoms with van der Waals surface area (Å²) in [5.74, 6) is 0.646. The minimum absolute atomic E-state index is 0. The number of hydrogen-bond donors (Lipinski definition) is 0. The fourth-order valence-electron chi connectivity index (χ4n) is 1.20. The van der Waals surface area contributed by atoms with Crippen LogP contribution in [-0.2, 0) is 22.1 Å². The van der Waals surface area contributed by atoms with Crippen LogP contribution >= 0.6 is 17.1 Å². The van der Waals surface area contributed by atoms with Gasteiger partial charge in [-0.3, -0.25) is 0 Å². The third kappa shape index (κ3) is 8.85. The first-order chi connectivity index (χ1) is 8.03. The molecule has 0 radical (unpaired) electrons. The van der Waals surface area contributed by atoms with Crippen LogP contribution in [0.15, 0.2) is 24.3 Å². The van der Waals surface area contributed by atoms with Gasteiger partial charge in [-0.15, -0.1) is 11.4 Å². The molecular formula is C12H18KO2PS2. The van der Waals surface area contributed by atoms with E-state index in [1.165, 1.54) is 16.9 Å². The Morgan fingerprint density at radius 1 is 1.33 bits per heavy atom. The predicted octanol–water partition coefficient (Wildman–Crippen LogP) is 0.634. The van der Waals surface area contributed by atoms with Crippen LogP contribution in [0.2, 0.25) is 0 Å². The van der Waals surface area contributed by atoms with Gasteiger partial charge in [0.2, 0.25) is 0 Å². The van der Waals surface area contributed by atoms with Gasteiger partial charge < -0.3 is 9.42 Å². The molecule has 1 unspecified atom stereocenters. The van der Waals surface area contributed by atoms with E-state index < -0.39 is 5.69 Å². The van der Waals surface area contributed by atoms with Crippen molar-refractivity contribution in [1.82, 2.24) is 0 Å². The first-order valence-corrected chi connectivity index (χ1v) is 9.92. The Bertz CT molecular complexity index is 384. The molecule has 0 aliphatic carbocycles. The Morgan fingerprint density at radius 3 is 2.50 bits per heavy atom. The summed E-state index contributed by atoms with van der Waals surface area (Å²) in [5, 5.41) is 0. The van der Waals surface area contributed by atoms with Crippen molar-refractivity contribution in [2.24, 2.45) is 0 Å². The van der Waals surface area contributed by atoms with Gasteiger partial charge in [-0.05, 0) is 18.9 Å². The second kappa shape index (κ2) is 10.5. The smallest absolute Gasteiger partial charge is 0.793 e. The van der Waals surface area contributed by atoms with Crippen molar-refractivity contribution in [2.75, 3.05) is 6.61 Å². The molecule has 2 nitrogen and oxygen atoms in total. The Morgan fingerprint density at radius 2 is 1.94 bits per heavy atom. The van der Waals surface area contributed by atoms with E-state index in [2.05, 4.69) is 6.92 Å². The zero-order valence-electron chi connectivity index (χ0n) is 11.2. The Balaban J connectivity index is 0.00000289. The van der Waals surface area contributed by atoms with Gasteiger partial charge >= 0.3 is 51.4 Å². The van der Waals surface area contributed by atoms with Gasteiger partial charge in [0.15, 0.2) is 0 Å². The summed E-state index contributed by atoms with van der Waals surface area (Å²) >= 11 is 6.21. The SMILES string of the molecule is CCCCOP([O-])(=S)SCc1ccc(C)cc1.[K+]. The minimum atomic E-state index is -2.90. The van der Waals surface area contributed by atoms with E-state index in [1.54, 1.807) is 0 Å². The zero-order valence-corrected chi connectivity index (χ0v) is 16.9. The van der Waals surface area contributed by atoms with Crippen LogP contribution in [0.3, 0.4) is 0 Å². The maximum absolute atomic E-state index is 11.9. The van der Waals surface area contributed by atoms with Crippen molar-refractivity contribution < 1.29 is 60.8 Å². The maximum Gasteiger partial charge on any atom is 1.00 e. The molecule has 0 amide bonds. The number of hydrogen-bond acceptors (Lipinski definition) is 4. The Kier molecular flexibility index (Phi) is 11.5. The molecule has 1 rings (SSSR count). The van der Waals surface area contributed by atoms with Crippen molar-refractivity contribution in [1.29, 1.82) is 0 Å². The number of unbranched alkanes of at least 4 members (excludes halogenated alkanes) is 1. The van der Waals surface area contributed by atoms with E-state index in [0.717, 1.165) is 18.4 Å². The molecule has 18 heavy (non-hydrogen) atoms. The molecule has 0 fully saturated rings. The molecule has 0 aliphatic heterocycles. The van der Waals surface area contributed by atoms with Crippen molar-refractivity contribution in [2.45, 2.75) is 32.4 Å². The summed E-state index contributed by atoms with van der Waals surface area (Å²) in [6.45, 7) is 4.61. The van der Waals surface area contributed by atoms with Crippen LogP contribution in [0.1, 0.15) is 30.9 Å². The standard InChI is InChI=1S/C12H19O2PS2.K/c1-3-4-9-14-15(13,16)17-10-12-7-5-11(2)6-8-12;/h5-8H,3-4,9-10H2,1-2H3,(H,13,16);/q;+1/p-1. The molecule has 0 aliphatic rings. The van der Waals surface area contributed by atoms with E-state index in [1.807, 2.05) is 31.2 Å². The van der Waals surface area contributed by atoms with Crippen molar-refractivity contribution in [3.63, 3.8) is 0 Å². The molecule has 0 N–H and O–H groups in total. The van der Waals surface area contributed by atoms with Crippen LogP contribution in [0, 0.1) is 6.92 Å². The summed E-state index contributed by atoms with van der Waals surface area (Å²) in [6, 6.07) is 8.15. The van der Waals surface area contributed by atoms with Gasteiger partial charge in [0.25, 0.3) is 0 Å². The molecule has 0 spiro atoms. The van der Waals surface area contributed by atoms with Gasteiger partial charge in [0.05, 0.1) is 6.61 Å². The molecule has 1 aromatic carbocycles. The fourth-order valence-corrected chi connectivity index (χ4v) is 4.19. The second-order valence-corrected chi connectivity index (χ2v) is 9.94. The third-order valence-corrected chi connectivity index (χ3v) is 6.45. The first kappa shape index (κ1) is 19.8. The average Bonchev–Trinajstić information content (AvgIpc) is 2.29. The summed E-state index contributed by atoms with van der Waals surface area (Å²) in [4.78, 5) is 11.9. The van der Waals surface area contributed by atoms with Crippen LogP contribution in [0.4, 0.5) is 0 Å². The molecule has 0 bridgehead atoms.